The fourth-order valence-corrected chi connectivity index (χ4v) is 5.69. The van der Waals surface area contributed by atoms with Gasteiger partial charge in [0.1, 0.15) is 0 Å². The molecule has 1 aliphatic carbocycles. The van der Waals surface area contributed by atoms with Crippen molar-refractivity contribution in [1.29, 1.82) is 0 Å². The second kappa shape index (κ2) is 13.8. The van der Waals surface area contributed by atoms with E-state index in [-0.39, 0.29) is 30.1 Å². The number of benzene rings is 3. The number of carbonyl (C=O) groups is 1. The van der Waals surface area contributed by atoms with Crippen molar-refractivity contribution in [3.05, 3.63) is 95.3 Å². The predicted molar refractivity (Wildman–Crippen MR) is 158 cm³/mol. The lowest BCUT2D eigenvalue weighted by Crippen LogP contribution is -2.38. The van der Waals surface area contributed by atoms with Gasteiger partial charge in [-0.05, 0) is 65.8 Å². The summed E-state index contributed by atoms with van der Waals surface area (Å²) in [6.07, 6.45) is 2.78. The van der Waals surface area contributed by atoms with E-state index in [9.17, 15) is 4.79 Å². The Labute approximate surface area is 241 Å². The number of nitrogen functional groups attached to an aromatic ring is 1. The Bertz CT molecular complexity index is 1370. The van der Waals surface area contributed by atoms with Gasteiger partial charge >= 0.3 is 0 Å². The van der Waals surface area contributed by atoms with Crippen molar-refractivity contribution in [3.8, 4) is 11.1 Å². The number of rotatable bonds is 13. The summed E-state index contributed by atoms with van der Waals surface area (Å²) < 4.78 is 23.5. The van der Waals surface area contributed by atoms with Gasteiger partial charge in [0.15, 0.2) is 5.76 Å². The number of para-hydroxylation sites is 2. The van der Waals surface area contributed by atoms with Gasteiger partial charge in [-0.25, -0.2) is 0 Å². The minimum Gasteiger partial charge on any atom is -0.459 e. The molecule has 0 radical (unpaired) electrons. The van der Waals surface area contributed by atoms with E-state index in [4.69, 9.17) is 29.8 Å². The van der Waals surface area contributed by atoms with Crippen molar-refractivity contribution in [1.82, 2.24) is 0 Å². The standard InChI is InChI=1S/C33H38N2O6/c1-2-40-33-26(14-16-38-18-19-39-17-15-36)28(21-31(41-33)32(37)35-30-13-6-5-12-29(30)34)25-11-7-10-24-23-9-4-3-8-22(23)20-27(24)25/h3-13,21,26,28,33,36H,2,14-20,34H2,1H3,(H,35,37)/t26-,28-,33-/m0/s1. The zero-order valence-electron chi connectivity index (χ0n) is 23.4. The maximum Gasteiger partial charge on any atom is 0.290 e. The average Bonchev–Trinajstić information content (AvgIpc) is 3.37. The van der Waals surface area contributed by atoms with Crippen LogP contribution in [0.5, 0.6) is 0 Å². The quantitative estimate of drug-likeness (QED) is 0.159. The van der Waals surface area contributed by atoms with Gasteiger partial charge in [-0.3, -0.25) is 4.79 Å². The number of fused-ring (bicyclic) bond motifs is 3. The van der Waals surface area contributed by atoms with E-state index in [0.717, 1.165) is 12.0 Å². The first kappa shape index (κ1) is 28.8. The Kier molecular flexibility index (Phi) is 9.69. The van der Waals surface area contributed by atoms with Gasteiger partial charge in [0.05, 0.1) is 37.8 Å². The fraction of sp³-hybridized carbons (Fsp3) is 0.364. The number of anilines is 2. The molecule has 3 atom stereocenters. The van der Waals surface area contributed by atoms with E-state index >= 15 is 0 Å². The van der Waals surface area contributed by atoms with Gasteiger partial charge in [0.25, 0.3) is 5.91 Å². The summed E-state index contributed by atoms with van der Waals surface area (Å²) in [7, 11) is 0. The highest BCUT2D eigenvalue weighted by Gasteiger charge is 2.39. The number of aliphatic hydroxyl groups excluding tert-OH is 1. The van der Waals surface area contributed by atoms with E-state index in [1.54, 1.807) is 12.1 Å². The second-order valence-corrected chi connectivity index (χ2v) is 10.1. The normalized spacial score (nSPS) is 19.2. The van der Waals surface area contributed by atoms with Crippen molar-refractivity contribution in [3.63, 3.8) is 0 Å². The maximum absolute atomic E-state index is 13.5. The van der Waals surface area contributed by atoms with Gasteiger partial charge < -0.3 is 35.1 Å². The third kappa shape index (κ3) is 6.63. The summed E-state index contributed by atoms with van der Waals surface area (Å²) in [6, 6.07) is 22.1. The van der Waals surface area contributed by atoms with Gasteiger partial charge in [-0.15, -0.1) is 0 Å². The largest absolute Gasteiger partial charge is 0.459 e. The first-order chi connectivity index (χ1) is 20.1. The summed E-state index contributed by atoms with van der Waals surface area (Å²) in [5.41, 5.74) is 13.3. The van der Waals surface area contributed by atoms with Gasteiger partial charge in [0, 0.05) is 25.0 Å². The van der Waals surface area contributed by atoms with Crippen LogP contribution < -0.4 is 11.1 Å². The Morgan fingerprint density at radius 1 is 0.976 bits per heavy atom. The summed E-state index contributed by atoms with van der Waals surface area (Å²) in [4.78, 5) is 13.5. The zero-order chi connectivity index (χ0) is 28.6. The van der Waals surface area contributed by atoms with Gasteiger partial charge in [0.2, 0.25) is 6.29 Å². The van der Waals surface area contributed by atoms with E-state index in [0.29, 0.717) is 50.8 Å². The lowest BCUT2D eigenvalue weighted by atomic mass is 9.78. The molecule has 216 valence electrons. The molecule has 0 spiro atoms. The molecule has 0 fully saturated rings. The third-order valence-electron chi connectivity index (χ3n) is 7.60. The molecule has 0 saturated heterocycles. The van der Waals surface area contributed by atoms with E-state index < -0.39 is 6.29 Å². The SMILES string of the molecule is CCO[C@H]1OC(C(=O)Nc2ccccc2N)=C[C@@H](c2cccc3c2Cc2ccccc2-3)[C@@H]1CCOCCOCCO. The molecule has 8 nitrogen and oxygen atoms in total. The number of hydrogen-bond donors (Lipinski definition) is 3. The molecular weight excluding hydrogens is 520 g/mol. The molecule has 0 saturated carbocycles. The minimum atomic E-state index is -0.641. The van der Waals surface area contributed by atoms with Crippen LogP contribution in [0.1, 0.15) is 36.0 Å². The predicted octanol–water partition coefficient (Wildman–Crippen LogP) is 4.87. The van der Waals surface area contributed by atoms with Crippen LogP contribution in [0.2, 0.25) is 0 Å². The Morgan fingerprint density at radius 2 is 1.73 bits per heavy atom. The van der Waals surface area contributed by atoms with Crippen LogP contribution in [0.15, 0.2) is 78.6 Å². The summed E-state index contributed by atoms with van der Waals surface area (Å²) in [5.74, 6) is -0.405. The lowest BCUT2D eigenvalue weighted by Gasteiger charge is -2.37. The number of aliphatic hydroxyl groups is 1. The van der Waals surface area contributed by atoms with Crippen LogP contribution in [-0.4, -0.2) is 56.9 Å². The molecule has 4 N–H and O–H groups in total. The number of hydrogen-bond acceptors (Lipinski definition) is 7. The molecule has 5 rings (SSSR count). The maximum atomic E-state index is 13.5. The number of allylic oxidation sites excluding steroid dienone is 1. The molecule has 1 amide bonds. The van der Waals surface area contributed by atoms with Crippen molar-refractivity contribution in [2.75, 3.05) is 50.7 Å². The lowest BCUT2D eigenvalue weighted by molar-refractivity contribution is -0.166. The van der Waals surface area contributed by atoms with Crippen molar-refractivity contribution >= 4 is 17.3 Å². The molecule has 8 heteroatoms. The Morgan fingerprint density at radius 3 is 2.54 bits per heavy atom. The summed E-state index contributed by atoms with van der Waals surface area (Å²) in [6.45, 7) is 3.95. The van der Waals surface area contributed by atoms with Gasteiger partial charge in [-0.1, -0.05) is 54.6 Å². The first-order valence-corrected chi connectivity index (χ1v) is 14.2. The van der Waals surface area contributed by atoms with Crippen LogP contribution >= 0.6 is 0 Å². The number of carbonyl (C=O) groups excluding carboxylic acids is 1. The smallest absolute Gasteiger partial charge is 0.290 e. The average molecular weight is 559 g/mol. The molecule has 3 aromatic carbocycles. The monoisotopic (exact) mass is 558 g/mol. The molecule has 0 bridgehead atoms. The number of amides is 1. The Hall–Kier alpha value is -3.69. The van der Waals surface area contributed by atoms with E-state index in [2.05, 4.69) is 47.8 Å². The molecule has 0 aromatic heterocycles. The molecule has 41 heavy (non-hydrogen) atoms. The third-order valence-corrected chi connectivity index (χ3v) is 7.60. The number of nitrogens with one attached hydrogen (secondary N) is 1. The molecule has 3 aromatic rings. The highest BCUT2D eigenvalue weighted by molar-refractivity contribution is 6.04. The topological polar surface area (TPSA) is 112 Å². The second-order valence-electron chi connectivity index (χ2n) is 10.1. The van der Waals surface area contributed by atoms with Crippen LogP contribution in [-0.2, 0) is 30.2 Å². The summed E-state index contributed by atoms with van der Waals surface area (Å²) in [5, 5.41) is 11.8. The minimum absolute atomic E-state index is 0.0124. The zero-order valence-corrected chi connectivity index (χ0v) is 23.4. The highest BCUT2D eigenvalue weighted by Crippen LogP contribution is 2.45. The fourth-order valence-electron chi connectivity index (χ4n) is 5.69. The molecule has 0 unspecified atom stereocenters. The van der Waals surface area contributed by atoms with Crippen molar-refractivity contribution in [2.24, 2.45) is 5.92 Å². The van der Waals surface area contributed by atoms with Crippen LogP contribution in [0.3, 0.4) is 0 Å². The van der Waals surface area contributed by atoms with Crippen molar-refractivity contribution < 1.29 is 28.8 Å². The highest BCUT2D eigenvalue weighted by atomic mass is 16.7. The number of nitrogens with two attached hydrogens (primary N) is 1. The van der Waals surface area contributed by atoms with Crippen LogP contribution in [0, 0.1) is 5.92 Å². The van der Waals surface area contributed by atoms with E-state index in [1.807, 2.05) is 25.1 Å². The molecule has 1 aliphatic heterocycles. The van der Waals surface area contributed by atoms with Gasteiger partial charge in [-0.2, -0.15) is 0 Å². The van der Waals surface area contributed by atoms with E-state index in [1.165, 1.54) is 22.3 Å². The van der Waals surface area contributed by atoms with Crippen LogP contribution in [0.4, 0.5) is 11.4 Å². The molecular formula is C33H38N2O6. The Balaban J connectivity index is 1.46. The summed E-state index contributed by atoms with van der Waals surface area (Å²) >= 11 is 0. The number of ether oxygens (including phenoxy) is 4. The van der Waals surface area contributed by atoms with Crippen LogP contribution in [0.25, 0.3) is 11.1 Å². The molecule has 1 heterocycles. The van der Waals surface area contributed by atoms with Crippen molar-refractivity contribution in [2.45, 2.75) is 32.0 Å². The first-order valence-electron chi connectivity index (χ1n) is 14.2. The molecule has 2 aliphatic rings.